The van der Waals surface area contributed by atoms with Crippen LogP contribution in [0.4, 0.5) is 0 Å². The van der Waals surface area contributed by atoms with Crippen LogP contribution in [-0.2, 0) is 11.2 Å². The summed E-state index contributed by atoms with van der Waals surface area (Å²) in [6, 6.07) is 5.73. The molecule has 0 saturated heterocycles. The molecule has 4 N–H and O–H groups in total. The second kappa shape index (κ2) is 6.61. The molecule has 17 heavy (non-hydrogen) atoms. The lowest BCUT2D eigenvalue weighted by molar-refractivity contribution is -0.122. The number of rotatable bonds is 6. The monoisotopic (exact) mass is 300 g/mol. The van der Waals surface area contributed by atoms with Crippen molar-refractivity contribution in [3.63, 3.8) is 0 Å². The number of halogens is 1. The molecular weight excluding hydrogens is 284 g/mol. The van der Waals surface area contributed by atoms with Crippen LogP contribution in [0.15, 0.2) is 22.7 Å². The number of benzene rings is 1. The molecule has 0 aliphatic carbocycles. The Morgan fingerprint density at radius 2 is 2.24 bits per heavy atom. The number of amides is 1. The summed E-state index contributed by atoms with van der Waals surface area (Å²) >= 11 is 3.40. The number of ether oxygens (including phenoxy) is 1. The molecule has 0 aliphatic rings. The number of primary amides is 1. The number of hydrogen-bond donors (Lipinski definition) is 2. The molecular formula is C12H17BrN2O2. The van der Waals surface area contributed by atoms with Gasteiger partial charge in [-0.1, -0.05) is 22.9 Å². The maximum absolute atomic E-state index is 10.9. The molecule has 0 heterocycles. The van der Waals surface area contributed by atoms with Crippen molar-refractivity contribution >= 4 is 21.8 Å². The highest BCUT2D eigenvalue weighted by Crippen LogP contribution is 2.24. The molecule has 1 aromatic rings. The Kier molecular flexibility index (Phi) is 5.44. The van der Waals surface area contributed by atoms with Crippen molar-refractivity contribution in [2.45, 2.75) is 13.3 Å². The van der Waals surface area contributed by atoms with E-state index >= 15 is 0 Å². The fraction of sp³-hybridized carbons (Fsp3) is 0.417. The van der Waals surface area contributed by atoms with Gasteiger partial charge in [0, 0.05) is 4.47 Å². The summed E-state index contributed by atoms with van der Waals surface area (Å²) in [5.41, 5.74) is 11.7. The van der Waals surface area contributed by atoms with Crippen LogP contribution in [0, 0.1) is 5.92 Å². The van der Waals surface area contributed by atoms with Crippen LogP contribution in [0.1, 0.15) is 12.5 Å². The van der Waals surface area contributed by atoms with Gasteiger partial charge >= 0.3 is 0 Å². The summed E-state index contributed by atoms with van der Waals surface area (Å²) in [6.45, 7) is 2.58. The van der Waals surface area contributed by atoms with Crippen molar-refractivity contribution in [3.05, 3.63) is 28.2 Å². The highest BCUT2D eigenvalue weighted by Gasteiger charge is 2.11. The van der Waals surface area contributed by atoms with E-state index in [9.17, 15) is 4.79 Å². The Bertz CT molecular complexity index is 396. The quantitative estimate of drug-likeness (QED) is 0.834. The Morgan fingerprint density at radius 1 is 1.53 bits per heavy atom. The summed E-state index contributed by atoms with van der Waals surface area (Å²) in [4.78, 5) is 10.9. The lowest BCUT2D eigenvalue weighted by atomic mass is 10.1. The first-order valence-electron chi connectivity index (χ1n) is 5.45. The number of hydrogen-bond acceptors (Lipinski definition) is 3. The maximum atomic E-state index is 10.9. The minimum Gasteiger partial charge on any atom is -0.492 e. The number of carbonyl (C=O) groups excluding carboxylic acids is 1. The predicted molar refractivity (Wildman–Crippen MR) is 70.8 cm³/mol. The third-order valence-electron chi connectivity index (χ3n) is 2.41. The Labute approximate surface area is 109 Å². The zero-order valence-electron chi connectivity index (χ0n) is 9.78. The van der Waals surface area contributed by atoms with Gasteiger partial charge in [-0.2, -0.15) is 0 Å². The first-order chi connectivity index (χ1) is 8.04. The second-order valence-electron chi connectivity index (χ2n) is 3.91. The van der Waals surface area contributed by atoms with Crippen molar-refractivity contribution in [1.82, 2.24) is 0 Å². The maximum Gasteiger partial charge on any atom is 0.223 e. The SMILES string of the molecule is CC(COc1ccc(Br)cc1CCN)C(N)=O. The van der Waals surface area contributed by atoms with Crippen LogP contribution in [0.5, 0.6) is 5.75 Å². The van der Waals surface area contributed by atoms with E-state index in [0.717, 1.165) is 22.2 Å². The van der Waals surface area contributed by atoms with Crippen molar-refractivity contribution in [2.75, 3.05) is 13.2 Å². The van der Waals surface area contributed by atoms with E-state index in [1.54, 1.807) is 6.92 Å². The lowest BCUT2D eigenvalue weighted by Crippen LogP contribution is -2.26. The third kappa shape index (κ3) is 4.36. The van der Waals surface area contributed by atoms with Crippen LogP contribution < -0.4 is 16.2 Å². The molecule has 0 radical (unpaired) electrons. The highest BCUT2D eigenvalue weighted by molar-refractivity contribution is 9.10. The first-order valence-corrected chi connectivity index (χ1v) is 6.24. The molecule has 0 aliphatic heterocycles. The summed E-state index contributed by atoms with van der Waals surface area (Å²) in [7, 11) is 0. The summed E-state index contributed by atoms with van der Waals surface area (Å²) in [5.74, 6) is 0.0959. The fourth-order valence-corrected chi connectivity index (χ4v) is 1.75. The van der Waals surface area contributed by atoms with E-state index in [-0.39, 0.29) is 18.4 Å². The van der Waals surface area contributed by atoms with Gasteiger partial charge in [0.05, 0.1) is 12.5 Å². The molecule has 94 valence electrons. The van der Waals surface area contributed by atoms with Gasteiger partial charge in [0.1, 0.15) is 5.75 Å². The summed E-state index contributed by atoms with van der Waals surface area (Å²) in [5, 5.41) is 0. The highest BCUT2D eigenvalue weighted by atomic mass is 79.9. The average Bonchev–Trinajstić information content (AvgIpc) is 2.28. The van der Waals surface area contributed by atoms with Gasteiger partial charge in [-0.15, -0.1) is 0 Å². The molecule has 0 bridgehead atoms. The van der Waals surface area contributed by atoms with E-state index in [0.29, 0.717) is 6.54 Å². The molecule has 1 rings (SSSR count). The van der Waals surface area contributed by atoms with E-state index in [1.807, 2.05) is 18.2 Å². The molecule has 0 spiro atoms. The minimum absolute atomic E-state index is 0.286. The van der Waals surface area contributed by atoms with E-state index in [1.165, 1.54) is 0 Å². The zero-order chi connectivity index (χ0) is 12.8. The first kappa shape index (κ1) is 14.0. The molecule has 0 saturated carbocycles. The van der Waals surface area contributed by atoms with Crippen LogP contribution in [0.2, 0.25) is 0 Å². The Morgan fingerprint density at radius 3 is 2.82 bits per heavy atom. The van der Waals surface area contributed by atoms with Crippen molar-refractivity contribution in [2.24, 2.45) is 17.4 Å². The Hall–Kier alpha value is -1.07. The predicted octanol–water partition coefficient (Wildman–Crippen LogP) is 1.45. The normalized spacial score (nSPS) is 12.2. The zero-order valence-corrected chi connectivity index (χ0v) is 11.4. The number of nitrogens with two attached hydrogens (primary N) is 2. The van der Waals surface area contributed by atoms with Crippen molar-refractivity contribution in [3.8, 4) is 5.75 Å². The molecule has 0 aromatic heterocycles. The smallest absolute Gasteiger partial charge is 0.223 e. The molecule has 1 atom stereocenters. The molecule has 0 fully saturated rings. The fourth-order valence-electron chi connectivity index (χ4n) is 1.34. The second-order valence-corrected chi connectivity index (χ2v) is 4.82. The van der Waals surface area contributed by atoms with Gasteiger partial charge in [-0.25, -0.2) is 0 Å². The topological polar surface area (TPSA) is 78.3 Å². The largest absolute Gasteiger partial charge is 0.492 e. The molecule has 1 aromatic carbocycles. The molecule has 5 heteroatoms. The standard InChI is InChI=1S/C12H17BrN2O2/c1-8(12(15)16)7-17-11-3-2-10(13)6-9(11)4-5-14/h2-3,6,8H,4-5,7,14H2,1H3,(H2,15,16). The molecule has 1 amide bonds. The average molecular weight is 301 g/mol. The van der Waals surface area contributed by atoms with Gasteiger partial charge in [-0.05, 0) is 36.7 Å². The van der Waals surface area contributed by atoms with Crippen molar-refractivity contribution in [1.29, 1.82) is 0 Å². The van der Waals surface area contributed by atoms with Crippen LogP contribution >= 0.6 is 15.9 Å². The van der Waals surface area contributed by atoms with Crippen LogP contribution in [0.3, 0.4) is 0 Å². The van der Waals surface area contributed by atoms with Crippen molar-refractivity contribution < 1.29 is 9.53 Å². The molecule has 1 unspecified atom stereocenters. The Balaban J connectivity index is 2.72. The van der Waals surface area contributed by atoms with Gasteiger partial charge in [0.25, 0.3) is 0 Å². The van der Waals surface area contributed by atoms with Gasteiger partial charge in [0.15, 0.2) is 0 Å². The van der Waals surface area contributed by atoms with E-state index < -0.39 is 0 Å². The van der Waals surface area contributed by atoms with Gasteiger partial charge in [-0.3, -0.25) is 4.79 Å². The number of carbonyl (C=O) groups is 1. The van der Waals surface area contributed by atoms with Gasteiger partial charge < -0.3 is 16.2 Å². The van der Waals surface area contributed by atoms with Crippen LogP contribution in [-0.4, -0.2) is 19.1 Å². The molecule has 4 nitrogen and oxygen atoms in total. The van der Waals surface area contributed by atoms with Crippen LogP contribution in [0.25, 0.3) is 0 Å². The van der Waals surface area contributed by atoms with E-state index in [2.05, 4.69) is 15.9 Å². The lowest BCUT2D eigenvalue weighted by Gasteiger charge is -2.13. The summed E-state index contributed by atoms with van der Waals surface area (Å²) in [6.07, 6.45) is 0.736. The minimum atomic E-state index is -0.359. The van der Waals surface area contributed by atoms with Gasteiger partial charge in [0.2, 0.25) is 5.91 Å². The van der Waals surface area contributed by atoms with E-state index in [4.69, 9.17) is 16.2 Å². The summed E-state index contributed by atoms with van der Waals surface area (Å²) < 4.78 is 6.57. The third-order valence-corrected chi connectivity index (χ3v) is 2.90.